The van der Waals surface area contributed by atoms with Gasteiger partial charge in [0.15, 0.2) is 0 Å². The lowest BCUT2D eigenvalue weighted by Crippen LogP contribution is -1.97. The van der Waals surface area contributed by atoms with Crippen molar-refractivity contribution in [2.75, 3.05) is 0 Å². The van der Waals surface area contributed by atoms with E-state index < -0.39 is 0 Å². The summed E-state index contributed by atoms with van der Waals surface area (Å²) < 4.78 is 2.08. The van der Waals surface area contributed by atoms with Crippen molar-refractivity contribution in [1.82, 2.24) is 19.7 Å². The summed E-state index contributed by atoms with van der Waals surface area (Å²) in [6, 6.07) is 6.08. The van der Waals surface area contributed by atoms with E-state index in [-0.39, 0.29) is 0 Å². The van der Waals surface area contributed by atoms with Crippen LogP contribution in [0.1, 0.15) is 11.3 Å². The van der Waals surface area contributed by atoms with Gasteiger partial charge in [-0.3, -0.25) is 5.10 Å². The van der Waals surface area contributed by atoms with E-state index in [1.807, 2.05) is 26.1 Å². The van der Waals surface area contributed by atoms with Gasteiger partial charge in [0.2, 0.25) is 0 Å². The minimum Gasteiger partial charge on any atom is -0.327 e. The van der Waals surface area contributed by atoms with Crippen molar-refractivity contribution in [3.8, 4) is 11.4 Å². The second kappa shape index (κ2) is 3.96. The van der Waals surface area contributed by atoms with E-state index in [4.69, 9.17) is 10.7 Å². The Morgan fingerprint density at radius 1 is 1.39 bits per heavy atom. The van der Waals surface area contributed by atoms with E-state index in [0.29, 0.717) is 6.54 Å². The quantitative estimate of drug-likeness (QED) is 0.717. The Bertz CT molecular complexity index is 707. The van der Waals surface area contributed by atoms with Gasteiger partial charge in [0.05, 0.1) is 22.8 Å². The molecule has 3 rings (SSSR count). The van der Waals surface area contributed by atoms with Crippen LogP contribution in [0.2, 0.25) is 0 Å². The van der Waals surface area contributed by atoms with Gasteiger partial charge in [0.25, 0.3) is 0 Å². The second-order valence-corrected chi connectivity index (χ2v) is 4.39. The van der Waals surface area contributed by atoms with Gasteiger partial charge in [-0.15, -0.1) is 0 Å². The third-order valence-corrected chi connectivity index (χ3v) is 3.29. The number of aromatic nitrogens is 4. The molecule has 0 amide bonds. The minimum absolute atomic E-state index is 0.498. The Kier molecular flexibility index (Phi) is 2.41. The lowest BCUT2D eigenvalue weighted by Gasteiger charge is -2.00. The molecule has 0 bridgehead atoms. The smallest absolute Gasteiger partial charge is 0.144 e. The first kappa shape index (κ1) is 11.0. The Balaban J connectivity index is 2.32. The van der Waals surface area contributed by atoms with Gasteiger partial charge in [-0.2, -0.15) is 5.10 Å². The molecule has 18 heavy (non-hydrogen) atoms. The van der Waals surface area contributed by atoms with E-state index in [2.05, 4.69) is 20.8 Å². The lowest BCUT2D eigenvalue weighted by atomic mass is 10.2. The highest BCUT2D eigenvalue weighted by atomic mass is 15.1. The average Bonchev–Trinajstić information content (AvgIpc) is 2.93. The van der Waals surface area contributed by atoms with Crippen LogP contribution < -0.4 is 5.73 Å². The van der Waals surface area contributed by atoms with Crippen LogP contribution in [0.25, 0.3) is 22.4 Å². The number of imidazole rings is 1. The maximum Gasteiger partial charge on any atom is 0.144 e. The molecule has 1 aromatic carbocycles. The zero-order chi connectivity index (χ0) is 12.7. The average molecular weight is 241 g/mol. The zero-order valence-electron chi connectivity index (χ0n) is 10.4. The molecule has 2 aromatic heterocycles. The summed E-state index contributed by atoms with van der Waals surface area (Å²) in [5.41, 5.74) is 10.9. The van der Waals surface area contributed by atoms with Crippen LogP contribution >= 0.6 is 0 Å². The summed E-state index contributed by atoms with van der Waals surface area (Å²) in [7, 11) is 2.01. The van der Waals surface area contributed by atoms with E-state index in [9.17, 15) is 0 Å². The van der Waals surface area contributed by atoms with E-state index in [1.54, 1.807) is 6.20 Å². The highest BCUT2D eigenvalue weighted by molar-refractivity contribution is 5.83. The van der Waals surface area contributed by atoms with E-state index in [0.717, 1.165) is 33.7 Å². The SMILES string of the molecule is Cc1[nH]ncc1-c1nc2c(CN)cccc2n1C. The molecule has 0 aliphatic rings. The molecule has 0 saturated heterocycles. The third kappa shape index (κ3) is 1.44. The summed E-state index contributed by atoms with van der Waals surface area (Å²) in [5, 5.41) is 6.99. The largest absolute Gasteiger partial charge is 0.327 e. The first-order valence-electron chi connectivity index (χ1n) is 5.87. The molecular weight excluding hydrogens is 226 g/mol. The summed E-state index contributed by atoms with van der Waals surface area (Å²) in [4.78, 5) is 4.71. The number of rotatable bonds is 2. The van der Waals surface area contributed by atoms with Gasteiger partial charge in [0, 0.05) is 19.3 Å². The number of hydrogen-bond acceptors (Lipinski definition) is 3. The van der Waals surface area contributed by atoms with Gasteiger partial charge in [-0.05, 0) is 18.6 Å². The fourth-order valence-electron chi connectivity index (χ4n) is 2.25. The maximum atomic E-state index is 5.76. The van der Waals surface area contributed by atoms with Crippen molar-refractivity contribution in [3.63, 3.8) is 0 Å². The number of aryl methyl sites for hydroxylation is 2. The molecule has 2 heterocycles. The van der Waals surface area contributed by atoms with Gasteiger partial charge < -0.3 is 10.3 Å². The molecule has 92 valence electrons. The van der Waals surface area contributed by atoms with Crippen molar-refractivity contribution < 1.29 is 0 Å². The van der Waals surface area contributed by atoms with Crippen LogP contribution in [0, 0.1) is 6.92 Å². The van der Waals surface area contributed by atoms with Gasteiger partial charge in [0.1, 0.15) is 5.82 Å². The predicted octanol–water partition coefficient (Wildman–Crippen LogP) is 1.73. The van der Waals surface area contributed by atoms with Gasteiger partial charge in [-0.25, -0.2) is 4.98 Å². The van der Waals surface area contributed by atoms with E-state index in [1.165, 1.54) is 0 Å². The predicted molar refractivity (Wildman–Crippen MR) is 70.9 cm³/mol. The van der Waals surface area contributed by atoms with Crippen LogP contribution in [0.4, 0.5) is 0 Å². The first-order chi connectivity index (χ1) is 8.72. The van der Waals surface area contributed by atoms with Crippen molar-refractivity contribution in [2.45, 2.75) is 13.5 Å². The van der Waals surface area contributed by atoms with E-state index >= 15 is 0 Å². The molecule has 0 aliphatic carbocycles. The lowest BCUT2D eigenvalue weighted by molar-refractivity contribution is 0.957. The number of para-hydroxylation sites is 1. The molecular formula is C13H15N5. The molecule has 0 radical (unpaired) electrons. The fraction of sp³-hybridized carbons (Fsp3) is 0.231. The van der Waals surface area contributed by atoms with Crippen molar-refractivity contribution in [3.05, 3.63) is 35.7 Å². The molecule has 0 spiro atoms. The van der Waals surface area contributed by atoms with Crippen molar-refractivity contribution in [2.24, 2.45) is 12.8 Å². The number of aromatic amines is 1. The molecule has 5 nitrogen and oxygen atoms in total. The van der Waals surface area contributed by atoms with Crippen molar-refractivity contribution in [1.29, 1.82) is 0 Å². The minimum atomic E-state index is 0.498. The maximum absolute atomic E-state index is 5.76. The third-order valence-electron chi connectivity index (χ3n) is 3.29. The number of H-pyrrole nitrogens is 1. The molecule has 0 atom stereocenters. The number of fused-ring (bicyclic) bond motifs is 1. The van der Waals surface area contributed by atoms with Gasteiger partial charge in [-0.1, -0.05) is 12.1 Å². The van der Waals surface area contributed by atoms with Crippen LogP contribution in [0.15, 0.2) is 24.4 Å². The summed E-state index contributed by atoms with van der Waals surface area (Å²) in [6.07, 6.45) is 1.80. The number of nitrogens with one attached hydrogen (secondary N) is 1. The molecule has 0 fully saturated rings. The highest BCUT2D eigenvalue weighted by Gasteiger charge is 2.14. The zero-order valence-corrected chi connectivity index (χ0v) is 10.4. The van der Waals surface area contributed by atoms with Crippen LogP contribution in [-0.2, 0) is 13.6 Å². The normalized spacial score (nSPS) is 11.3. The number of benzene rings is 1. The fourth-order valence-corrected chi connectivity index (χ4v) is 2.25. The molecule has 0 aliphatic heterocycles. The van der Waals surface area contributed by atoms with Crippen LogP contribution in [0.3, 0.4) is 0 Å². The Hall–Kier alpha value is -2.14. The molecule has 0 saturated carbocycles. The molecule has 5 heteroatoms. The first-order valence-corrected chi connectivity index (χ1v) is 5.87. The standard InChI is InChI=1S/C13H15N5/c1-8-10(7-15-17-8)13-16-12-9(6-14)4-3-5-11(12)18(13)2/h3-5,7H,6,14H2,1-2H3,(H,15,17). The number of nitrogens with two attached hydrogens (primary N) is 1. The number of hydrogen-bond donors (Lipinski definition) is 2. The molecule has 3 N–H and O–H groups in total. The summed E-state index contributed by atoms with van der Waals surface area (Å²) in [5.74, 6) is 0.914. The Morgan fingerprint density at radius 3 is 2.89 bits per heavy atom. The monoisotopic (exact) mass is 241 g/mol. The summed E-state index contributed by atoms with van der Waals surface area (Å²) >= 11 is 0. The molecule has 0 unspecified atom stereocenters. The van der Waals surface area contributed by atoms with Gasteiger partial charge >= 0.3 is 0 Å². The van der Waals surface area contributed by atoms with Crippen LogP contribution in [0.5, 0.6) is 0 Å². The topological polar surface area (TPSA) is 72.5 Å². The second-order valence-electron chi connectivity index (χ2n) is 4.39. The Labute approximate surface area is 105 Å². The highest BCUT2D eigenvalue weighted by Crippen LogP contribution is 2.26. The summed E-state index contributed by atoms with van der Waals surface area (Å²) in [6.45, 7) is 2.49. The molecule has 3 aromatic rings. The van der Waals surface area contributed by atoms with Crippen LogP contribution in [-0.4, -0.2) is 19.7 Å². The number of nitrogens with zero attached hydrogens (tertiary/aromatic N) is 3. The Morgan fingerprint density at radius 2 is 2.22 bits per heavy atom. The van der Waals surface area contributed by atoms with Crippen molar-refractivity contribution >= 4 is 11.0 Å².